The number of nitrogens with one attached hydrogen (secondary N) is 1. The second-order valence-electron chi connectivity index (χ2n) is 9.18. The molecule has 0 aliphatic rings. The summed E-state index contributed by atoms with van der Waals surface area (Å²) in [5, 5.41) is 4.26. The molecule has 2 aromatic carbocycles. The number of carbonyl (C=O) groups excluding carboxylic acids is 1. The Balaban J connectivity index is 1.54. The molecule has 2 heterocycles. The first-order valence-corrected chi connectivity index (χ1v) is 12.4. The summed E-state index contributed by atoms with van der Waals surface area (Å²) in [5.74, 6) is 0.343. The molecule has 36 heavy (non-hydrogen) atoms. The van der Waals surface area contributed by atoms with Gasteiger partial charge in [0.05, 0.1) is 0 Å². The van der Waals surface area contributed by atoms with E-state index in [0.717, 1.165) is 29.6 Å². The number of ether oxygens (including phenoxy) is 1. The third-order valence-corrected chi connectivity index (χ3v) is 6.28. The SMILES string of the molecule is C=C(C)C(=O)OCc1ccc2nc(-c3cc4ccc(NCC(CC)CCCC)cc4oc3=O)oc2c1. The van der Waals surface area contributed by atoms with Gasteiger partial charge in [0.25, 0.3) is 0 Å². The van der Waals surface area contributed by atoms with Crippen molar-refractivity contribution in [2.45, 2.75) is 53.1 Å². The molecule has 7 heteroatoms. The van der Waals surface area contributed by atoms with Gasteiger partial charge in [-0.1, -0.05) is 45.8 Å². The second-order valence-corrected chi connectivity index (χ2v) is 9.18. The monoisotopic (exact) mass is 488 g/mol. The summed E-state index contributed by atoms with van der Waals surface area (Å²) in [7, 11) is 0. The standard InChI is InChI=1S/C29H32N2O5/c1-5-7-8-19(6-2)16-30-22-11-10-21-14-23(29(33)36-25(21)15-22)27-31-24-12-9-20(13-26(24)35-27)17-34-28(32)18(3)4/h9-15,19,30H,3,5-8,16-17H2,1-2,4H3. The van der Waals surface area contributed by atoms with Gasteiger partial charge < -0.3 is 18.9 Å². The number of fused-ring (bicyclic) bond motifs is 2. The minimum Gasteiger partial charge on any atom is -0.457 e. The average Bonchev–Trinajstić information content (AvgIpc) is 3.30. The summed E-state index contributed by atoms with van der Waals surface area (Å²) in [5.41, 5.74) is 3.32. The molecule has 4 aromatic rings. The van der Waals surface area contributed by atoms with Crippen LogP contribution in [0.15, 0.2) is 68.2 Å². The van der Waals surface area contributed by atoms with E-state index in [0.29, 0.717) is 28.2 Å². The molecule has 0 radical (unpaired) electrons. The molecule has 0 aliphatic carbocycles. The first-order valence-electron chi connectivity index (χ1n) is 12.4. The minimum absolute atomic E-state index is 0.0871. The highest BCUT2D eigenvalue weighted by atomic mass is 16.5. The number of hydrogen-bond acceptors (Lipinski definition) is 7. The first kappa shape index (κ1) is 25.2. The van der Waals surface area contributed by atoms with Gasteiger partial charge in [-0.05, 0) is 55.2 Å². The lowest BCUT2D eigenvalue weighted by Crippen LogP contribution is -2.13. The van der Waals surface area contributed by atoms with E-state index in [1.807, 2.05) is 18.2 Å². The highest BCUT2D eigenvalue weighted by molar-refractivity contribution is 5.87. The van der Waals surface area contributed by atoms with Crippen LogP contribution in [0.4, 0.5) is 5.69 Å². The van der Waals surface area contributed by atoms with Crippen LogP contribution in [0.25, 0.3) is 33.5 Å². The molecular weight excluding hydrogens is 456 g/mol. The van der Waals surface area contributed by atoms with Crippen molar-refractivity contribution in [3.8, 4) is 11.5 Å². The fourth-order valence-electron chi connectivity index (χ4n) is 4.02. The quantitative estimate of drug-likeness (QED) is 0.140. The van der Waals surface area contributed by atoms with E-state index < -0.39 is 11.6 Å². The maximum atomic E-state index is 12.8. The van der Waals surface area contributed by atoms with Crippen LogP contribution in [0.2, 0.25) is 0 Å². The van der Waals surface area contributed by atoms with Crippen LogP contribution in [-0.4, -0.2) is 17.5 Å². The Morgan fingerprint density at radius 3 is 2.69 bits per heavy atom. The summed E-state index contributed by atoms with van der Waals surface area (Å²) in [6, 6.07) is 12.8. The molecule has 0 fully saturated rings. The molecule has 4 rings (SSSR count). The van der Waals surface area contributed by atoms with Gasteiger partial charge in [-0.2, -0.15) is 0 Å². The Bertz CT molecular complexity index is 1450. The Morgan fingerprint density at radius 1 is 1.11 bits per heavy atom. The molecule has 0 bridgehead atoms. The number of anilines is 1. The zero-order valence-corrected chi connectivity index (χ0v) is 21.1. The van der Waals surface area contributed by atoms with E-state index in [4.69, 9.17) is 13.6 Å². The van der Waals surface area contributed by atoms with Crippen LogP contribution in [0, 0.1) is 5.92 Å². The Labute approximate surface area is 210 Å². The van der Waals surface area contributed by atoms with Gasteiger partial charge in [-0.3, -0.25) is 0 Å². The third-order valence-electron chi connectivity index (χ3n) is 6.28. The van der Waals surface area contributed by atoms with Crippen LogP contribution in [-0.2, 0) is 16.1 Å². The first-order chi connectivity index (χ1) is 17.4. The fourth-order valence-corrected chi connectivity index (χ4v) is 4.02. The lowest BCUT2D eigenvalue weighted by molar-refractivity contribution is -0.140. The topological polar surface area (TPSA) is 94.6 Å². The number of unbranched alkanes of at least 4 members (excludes halogenated alkanes) is 1. The molecule has 0 aliphatic heterocycles. The minimum atomic E-state index is -0.517. The molecule has 0 saturated heterocycles. The van der Waals surface area contributed by atoms with Crippen molar-refractivity contribution in [3.05, 3.63) is 70.6 Å². The Kier molecular flexibility index (Phi) is 7.88. The van der Waals surface area contributed by atoms with Crippen molar-refractivity contribution < 1.29 is 18.4 Å². The lowest BCUT2D eigenvalue weighted by atomic mass is 9.99. The summed E-state index contributed by atoms with van der Waals surface area (Å²) in [4.78, 5) is 28.9. The molecule has 0 spiro atoms. The van der Waals surface area contributed by atoms with Gasteiger partial charge in [0.2, 0.25) is 5.89 Å². The molecule has 7 nitrogen and oxygen atoms in total. The van der Waals surface area contributed by atoms with Gasteiger partial charge in [0.15, 0.2) is 5.58 Å². The van der Waals surface area contributed by atoms with Gasteiger partial charge >= 0.3 is 11.6 Å². The predicted octanol–water partition coefficient (Wildman–Crippen LogP) is 6.85. The maximum absolute atomic E-state index is 12.8. The zero-order chi connectivity index (χ0) is 25.7. The average molecular weight is 489 g/mol. The molecule has 0 saturated carbocycles. The predicted molar refractivity (Wildman–Crippen MR) is 142 cm³/mol. The van der Waals surface area contributed by atoms with Crippen LogP contribution in [0.1, 0.15) is 52.0 Å². The van der Waals surface area contributed by atoms with Gasteiger partial charge in [-0.15, -0.1) is 0 Å². The third kappa shape index (κ3) is 5.85. The summed E-state index contributed by atoms with van der Waals surface area (Å²) < 4.78 is 16.7. The number of benzene rings is 2. The molecule has 1 unspecified atom stereocenters. The summed E-state index contributed by atoms with van der Waals surface area (Å²) in [6.45, 7) is 10.6. The summed E-state index contributed by atoms with van der Waals surface area (Å²) >= 11 is 0. The van der Waals surface area contributed by atoms with Crippen LogP contribution >= 0.6 is 0 Å². The number of aromatic nitrogens is 1. The van der Waals surface area contributed by atoms with Crippen LogP contribution in [0.5, 0.6) is 0 Å². The number of esters is 1. The zero-order valence-electron chi connectivity index (χ0n) is 21.1. The fraction of sp³-hybridized carbons (Fsp3) is 0.345. The number of rotatable bonds is 11. The number of hydrogen-bond donors (Lipinski definition) is 1. The molecule has 0 amide bonds. The number of carbonyl (C=O) groups is 1. The van der Waals surface area contributed by atoms with Crippen molar-refractivity contribution in [3.63, 3.8) is 0 Å². The van der Waals surface area contributed by atoms with Crippen molar-refractivity contribution in [1.29, 1.82) is 0 Å². The van der Waals surface area contributed by atoms with Crippen molar-refractivity contribution >= 4 is 33.7 Å². The van der Waals surface area contributed by atoms with E-state index in [9.17, 15) is 9.59 Å². The second kappa shape index (κ2) is 11.2. The molecule has 2 aromatic heterocycles. The smallest absolute Gasteiger partial charge is 0.349 e. The molecular formula is C29H32N2O5. The van der Waals surface area contributed by atoms with Crippen LogP contribution in [0.3, 0.4) is 0 Å². The van der Waals surface area contributed by atoms with E-state index in [2.05, 4.69) is 30.7 Å². The van der Waals surface area contributed by atoms with Crippen molar-refractivity contribution in [2.75, 3.05) is 11.9 Å². The van der Waals surface area contributed by atoms with Gasteiger partial charge in [0.1, 0.15) is 23.3 Å². The highest BCUT2D eigenvalue weighted by Gasteiger charge is 2.16. The normalized spacial score (nSPS) is 12.1. The molecule has 188 valence electrons. The summed E-state index contributed by atoms with van der Waals surface area (Å²) in [6.07, 6.45) is 4.77. The Hall–Kier alpha value is -3.87. The lowest BCUT2D eigenvalue weighted by Gasteiger charge is -2.16. The van der Waals surface area contributed by atoms with Gasteiger partial charge in [0, 0.05) is 29.3 Å². The largest absolute Gasteiger partial charge is 0.457 e. The van der Waals surface area contributed by atoms with Crippen molar-refractivity contribution in [2.24, 2.45) is 5.92 Å². The maximum Gasteiger partial charge on any atom is 0.349 e. The van der Waals surface area contributed by atoms with E-state index in [1.165, 1.54) is 19.3 Å². The van der Waals surface area contributed by atoms with E-state index in [1.54, 1.807) is 31.2 Å². The highest BCUT2D eigenvalue weighted by Crippen LogP contribution is 2.27. The van der Waals surface area contributed by atoms with E-state index >= 15 is 0 Å². The Morgan fingerprint density at radius 2 is 1.94 bits per heavy atom. The van der Waals surface area contributed by atoms with Crippen molar-refractivity contribution in [1.82, 2.24) is 4.98 Å². The van der Waals surface area contributed by atoms with Gasteiger partial charge in [-0.25, -0.2) is 14.6 Å². The number of oxazole rings is 1. The molecule has 1 atom stereocenters. The molecule has 1 N–H and O–H groups in total. The van der Waals surface area contributed by atoms with Crippen LogP contribution < -0.4 is 10.9 Å². The number of nitrogens with zero attached hydrogens (tertiary/aromatic N) is 1. The van der Waals surface area contributed by atoms with E-state index in [-0.39, 0.29) is 18.1 Å².